The van der Waals surface area contributed by atoms with Gasteiger partial charge in [-0.1, -0.05) is 0 Å². The van der Waals surface area contributed by atoms with Crippen LogP contribution in [0.4, 0.5) is 0 Å². The molecule has 0 aromatic carbocycles. The van der Waals surface area contributed by atoms with Gasteiger partial charge in [0, 0.05) is 19.7 Å². The first kappa shape index (κ1) is 10.9. The first-order valence-electron chi connectivity index (χ1n) is 4.83. The average Bonchev–Trinajstić information content (AvgIpc) is 2.61. The Balaban J connectivity index is 2.19. The number of hydrogen-bond donors (Lipinski definition) is 3. The molecule has 0 saturated heterocycles. The Bertz CT molecular complexity index is 143. The third-order valence-electron chi connectivity index (χ3n) is 2.58. The van der Waals surface area contributed by atoms with E-state index in [9.17, 15) is 0 Å². The Labute approximate surface area is 78.9 Å². The predicted octanol–water partition coefficient (Wildman–Crippen LogP) is -0.503. The van der Waals surface area contributed by atoms with E-state index in [0.717, 1.165) is 12.8 Å². The van der Waals surface area contributed by atoms with Crippen LogP contribution in [0.5, 0.6) is 0 Å². The van der Waals surface area contributed by atoms with E-state index in [0.29, 0.717) is 12.6 Å². The Morgan fingerprint density at radius 1 is 1.54 bits per heavy atom. The van der Waals surface area contributed by atoms with Gasteiger partial charge in [0.15, 0.2) is 0 Å². The molecule has 0 spiro atoms. The lowest BCUT2D eigenvalue weighted by molar-refractivity contribution is 0.0647. The molecule has 0 radical (unpaired) electrons. The highest BCUT2D eigenvalue weighted by atomic mass is 16.5. The summed E-state index contributed by atoms with van der Waals surface area (Å²) in [5, 5.41) is 20.9. The SMILES string of the molecule is COC1CCCC1NC[C@H](O)CO. The van der Waals surface area contributed by atoms with Crippen molar-refractivity contribution in [2.45, 2.75) is 37.5 Å². The Morgan fingerprint density at radius 3 is 2.92 bits per heavy atom. The molecule has 1 saturated carbocycles. The molecule has 1 rings (SSSR count). The summed E-state index contributed by atoms with van der Waals surface area (Å²) < 4.78 is 5.28. The van der Waals surface area contributed by atoms with Crippen LogP contribution in [0.3, 0.4) is 0 Å². The summed E-state index contributed by atoms with van der Waals surface area (Å²) in [6, 6.07) is 0.339. The summed E-state index contributed by atoms with van der Waals surface area (Å²) in [7, 11) is 1.72. The Morgan fingerprint density at radius 2 is 2.31 bits per heavy atom. The van der Waals surface area contributed by atoms with Crippen molar-refractivity contribution in [1.29, 1.82) is 0 Å². The number of hydrogen-bond acceptors (Lipinski definition) is 4. The second-order valence-electron chi connectivity index (χ2n) is 3.56. The molecule has 0 aromatic rings. The lowest BCUT2D eigenvalue weighted by Crippen LogP contribution is -2.41. The molecule has 3 N–H and O–H groups in total. The van der Waals surface area contributed by atoms with Gasteiger partial charge in [-0.15, -0.1) is 0 Å². The first-order valence-corrected chi connectivity index (χ1v) is 4.83. The first-order chi connectivity index (χ1) is 6.27. The molecule has 4 nitrogen and oxygen atoms in total. The molecular weight excluding hydrogens is 170 g/mol. The smallest absolute Gasteiger partial charge is 0.0895 e. The summed E-state index contributed by atoms with van der Waals surface area (Å²) in [4.78, 5) is 0. The zero-order chi connectivity index (χ0) is 9.68. The molecule has 3 atom stereocenters. The number of aliphatic hydroxyl groups is 2. The van der Waals surface area contributed by atoms with Gasteiger partial charge in [0.2, 0.25) is 0 Å². The van der Waals surface area contributed by atoms with Crippen LogP contribution in [0.2, 0.25) is 0 Å². The molecule has 13 heavy (non-hydrogen) atoms. The van der Waals surface area contributed by atoms with E-state index >= 15 is 0 Å². The van der Waals surface area contributed by atoms with Crippen LogP contribution in [0.1, 0.15) is 19.3 Å². The van der Waals surface area contributed by atoms with Crippen LogP contribution in [-0.2, 0) is 4.74 Å². The van der Waals surface area contributed by atoms with Crippen molar-refractivity contribution in [3.8, 4) is 0 Å². The van der Waals surface area contributed by atoms with Crippen molar-refractivity contribution in [3.63, 3.8) is 0 Å². The van der Waals surface area contributed by atoms with Crippen molar-refractivity contribution >= 4 is 0 Å². The summed E-state index contributed by atoms with van der Waals surface area (Å²) in [5.41, 5.74) is 0. The minimum Gasteiger partial charge on any atom is -0.394 e. The van der Waals surface area contributed by atoms with Crippen LogP contribution in [0.15, 0.2) is 0 Å². The number of nitrogens with one attached hydrogen (secondary N) is 1. The number of rotatable bonds is 5. The van der Waals surface area contributed by atoms with E-state index in [1.165, 1.54) is 6.42 Å². The Hall–Kier alpha value is -0.160. The minimum absolute atomic E-state index is 0.183. The summed E-state index contributed by atoms with van der Waals surface area (Å²) in [6.45, 7) is 0.262. The summed E-state index contributed by atoms with van der Waals surface area (Å²) in [5.74, 6) is 0. The van der Waals surface area contributed by atoms with Crippen molar-refractivity contribution in [3.05, 3.63) is 0 Å². The second-order valence-corrected chi connectivity index (χ2v) is 3.56. The number of methoxy groups -OCH3 is 1. The van der Waals surface area contributed by atoms with Gasteiger partial charge in [-0.05, 0) is 19.3 Å². The molecule has 1 aliphatic rings. The molecule has 0 aliphatic heterocycles. The highest BCUT2D eigenvalue weighted by molar-refractivity contribution is 4.84. The zero-order valence-electron chi connectivity index (χ0n) is 8.07. The van der Waals surface area contributed by atoms with E-state index in [1.807, 2.05) is 0 Å². The predicted molar refractivity (Wildman–Crippen MR) is 49.5 cm³/mol. The van der Waals surface area contributed by atoms with Crippen molar-refractivity contribution < 1.29 is 14.9 Å². The lowest BCUT2D eigenvalue weighted by Gasteiger charge is -2.20. The van der Waals surface area contributed by atoms with Gasteiger partial charge < -0.3 is 20.3 Å². The third-order valence-corrected chi connectivity index (χ3v) is 2.58. The molecule has 2 unspecified atom stereocenters. The van der Waals surface area contributed by atoms with Crippen LogP contribution < -0.4 is 5.32 Å². The van der Waals surface area contributed by atoms with E-state index in [2.05, 4.69) is 5.32 Å². The van der Waals surface area contributed by atoms with Gasteiger partial charge in [-0.25, -0.2) is 0 Å². The molecule has 0 amide bonds. The van der Waals surface area contributed by atoms with E-state index in [-0.39, 0.29) is 12.7 Å². The molecule has 78 valence electrons. The molecule has 0 aromatic heterocycles. The Kier molecular flexibility index (Phi) is 4.66. The number of aliphatic hydroxyl groups excluding tert-OH is 2. The van der Waals surface area contributed by atoms with Gasteiger partial charge in [0.25, 0.3) is 0 Å². The lowest BCUT2D eigenvalue weighted by atomic mass is 10.2. The topological polar surface area (TPSA) is 61.7 Å². The largest absolute Gasteiger partial charge is 0.394 e. The van der Waals surface area contributed by atoms with Gasteiger partial charge in [0.05, 0.1) is 18.8 Å². The normalized spacial score (nSPS) is 30.7. The van der Waals surface area contributed by atoms with Gasteiger partial charge in [-0.2, -0.15) is 0 Å². The van der Waals surface area contributed by atoms with Gasteiger partial charge >= 0.3 is 0 Å². The third kappa shape index (κ3) is 3.23. The maximum atomic E-state index is 9.12. The fourth-order valence-electron chi connectivity index (χ4n) is 1.79. The molecule has 4 heteroatoms. The average molecular weight is 189 g/mol. The van der Waals surface area contributed by atoms with Crippen molar-refractivity contribution in [1.82, 2.24) is 5.32 Å². The van der Waals surface area contributed by atoms with Crippen LogP contribution >= 0.6 is 0 Å². The highest BCUT2D eigenvalue weighted by Crippen LogP contribution is 2.21. The number of ether oxygens (including phenoxy) is 1. The maximum absolute atomic E-state index is 9.12. The minimum atomic E-state index is -0.655. The highest BCUT2D eigenvalue weighted by Gasteiger charge is 2.26. The van der Waals surface area contributed by atoms with Crippen LogP contribution in [-0.4, -0.2) is 48.7 Å². The fourth-order valence-corrected chi connectivity index (χ4v) is 1.79. The molecule has 1 aliphatic carbocycles. The van der Waals surface area contributed by atoms with E-state index < -0.39 is 6.10 Å². The van der Waals surface area contributed by atoms with Crippen LogP contribution in [0, 0.1) is 0 Å². The standard InChI is InChI=1S/C9H19NO3/c1-13-9-4-2-3-8(9)10-5-7(12)6-11/h7-12H,2-6H2,1H3/t7-,8?,9?/m0/s1. The monoisotopic (exact) mass is 189 g/mol. The van der Waals surface area contributed by atoms with Gasteiger partial charge in [0.1, 0.15) is 0 Å². The second kappa shape index (κ2) is 5.54. The molecule has 0 heterocycles. The van der Waals surface area contributed by atoms with Crippen molar-refractivity contribution in [2.24, 2.45) is 0 Å². The van der Waals surface area contributed by atoms with Crippen LogP contribution in [0.25, 0.3) is 0 Å². The van der Waals surface area contributed by atoms with E-state index in [1.54, 1.807) is 7.11 Å². The van der Waals surface area contributed by atoms with E-state index in [4.69, 9.17) is 14.9 Å². The zero-order valence-corrected chi connectivity index (χ0v) is 8.07. The summed E-state index contributed by atoms with van der Waals surface area (Å²) >= 11 is 0. The van der Waals surface area contributed by atoms with Gasteiger partial charge in [-0.3, -0.25) is 0 Å². The van der Waals surface area contributed by atoms with Crippen molar-refractivity contribution in [2.75, 3.05) is 20.3 Å². The fraction of sp³-hybridized carbons (Fsp3) is 1.00. The molecular formula is C9H19NO3. The molecule has 0 bridgehead atoms. The summed E-state index contributed by atoms with van der Waals surface area (Å²) in [6.07, 6.45) is 2.97. The molecule has 1 fully saturated rings. The maximum Gasteiger partial charge on any atom is 0.0895 e. The quantitative estimate of drug-likeness (QED) is 0.545.